The molecule has 4 nitrogen and oxygen atoms in total. The van der Waals surface area contributed by atoms with Gasteiger partial charge >= 0.3 is 0 Å². The van der Waals surface area contributed by atoms with Crippen LogP contribution in [0.5, 0.6) is 11.8 Å². The number of ether oxygens (including phenoxy) is 2. The van der Waals surface area contributed by atoms with Gasteiger partial charge in [0.2, 0.25) is 11.8 Å². The van der Waals surface area contributed by atoms with Crippen molar-refractivity contribution in [2.24, 2.45) is 0 Å². The van der Waals surface area contributed by atoms with Gasteiger partial charge in [0, 0.05) is 11.1 Å². The molecule has 2 heterocycles. The van der Waals surface area contributed by atoms with Crippen LogP contribution in [0.4, 0.5) is 0 Å². The Hall–Kier alpha value is -2.62. The maximum Gasteiger partial charge on any atom is 0.217 e. The number of allylic oxidation sites excluding steroid dienone is 2. The fourth-order valence-electron chi connectivity index (χ4n) is 4.38. The molecule has 30 heavy (non-hydrogen) atoms. The van der Waals surface area contributed by atoms with Crippen LogP contribution in [0.3, 0.4) is 0 Å². The van der Waals surface area contributed by atoms with E-state index < -0.39 is 0 Å². The zero-order valence-corrected chi connectivity index (χ0v) is 17.9. The van der Waals surface area contributed by atoms with Crippen LogP contribution >= 0.6 is 0 Å². The molecule has 0 radical (unpaired) electrons. The molecule has 0 saturated heterocycles. The standard InChI is InChI=1S/C26H32N2O2/c1-3-5-7-15-29-25-21-13-9-11-19(21)17-23(27-25)24-18-20-12-10-14-22(20)26(28-24)30-16-8-6-4-2/h3-4,17-18H,1-2,5-16H2. The second kappa shape index (κ2) is 9.92. The minimum absolute atomic E-state index is 0.671. The van der Waals surface area contributed by atoms with Gasteiger partial charge in [-0.25, -0.2) is 9.97 Å². The van der Waals surface area contributed by atoms with Gasteiger partial charge in [0.05, 0.1) is 24.6 Å². The van der Waals surface area contributed by atoms with Crippen LogP contribution in [0.15, 0.2) is 37.4 Å². The normalized spacial score (nSPS) is 14.3. The van der Waals surface area contributed by atoms with Crippen LogP contribution in [0.1, 0.15) is 60.8 Å². The molecule has 0 atom stereocenters. The Kier molecular flexibility index (Phi) is 6.83. The Bertz CT molecular complexity index is 844. The van der Waals surface area contributed by atoms with Gasteiger partial charge in [-0.05, 0) is 87.5 Å². The molecular weight excluding hydrogens is 372 g/mol. The molecule has 0 bridgehead atoms. The summed E-state index contributed by atoms with van der Waals surface area (Å²) in [5, 5.41) is 0. The van der Waals surface area contributed by atoms with Crippen molar-refractivity contribution < 1.29 is 9.47 Å². The van der Waals surface area contributed by atoms with Crippen molar-refractivity contribution in [3.8, 4) is 23.1 Å². The summed E-state index contributed by atoms with van der Waals surface area (Å²) in [7, 11) is 0. The quantitative estimate of drug-likeness (QED) is 0.350. The van der Waals surface area contributed by atoms with Crippen molar-refractivity contribution >= 4 is 0 Å². The first-order chi connectivity index (χ1) is 14.8. The smallest absolute Gasteiger partial charge is 0.217 e. The summed E-state index contributed by atoms with van der Waals surface area (Å²) in [5.41, 5.74) is 7.07. The van der Waals surface area contributed by atoms with Crippen LogP contribution in [0.25, 0.3) is 11.4 Å². The Morgan fingerprint density at radius 2 is 1.20 bits per heavy atom. The van der Waals surface area contributed by atoms with E-state index in [1.54, 1.807) is 0 Å². The first-order valence-corrected chi connectivity index (χ1v) is 11.3. The fourth-order valence-corrected chi connectivity index (χ4v) is 4.38. The Morgan fingerprint density at radius 1 is 0.733 bits per heavy atom. The first-order valence-electron chi connectivity index (χ1n) is 11.3. The van der Waals surface area contributed by atoms with Crippen LogP contribution in [0, 0.1) is 0 Å². The molecule has 0 N–H and O–H groups in total. The van der Waals surface area contributed by atoms with Gasteiger partial charge in [0.15, 0.2) is 0 Å². The molecular formula is C26H32N2O2. The molecule has 2 aliphatic carbocycles. The fraction of sp³-hybridized carbons (Fsp3) is 0.462. The lowest BCUT2D eigenvalue weighted by Crippen LogP contribution is -2.06. The third kappa shape index (κ3) is 4.58. The molecule has 2 aliphatic rings. The predicted molar refractivity (Wildman–Crippen MR) is 121 cm³/mol. The van der Waals surface area contributed by atoms with Crippen molar-refractivity contribution in [2.45, 2.75) is 64.2 Å². The van der Waals surface area contributed by atoms with Gasteiger partial charge in [-0.3, -0.25) is 0 Å². The van der Waals surface area contributed by atoms with Crippen molar-refractivity contribution in [3.63, 3.8) is 0 Å². The molecule has 0 unspecified atom stereocenters. The van der Waals surface area contributed by atoms with Crippen molar-refractivity contribution in [1.29, 1.82) is 0 Å². The van der Waals surface area contributed by atoms with Crippen molar-refractivity contribution in [1.82, 2.24) is 9.97 Å². The highest BCUT2D eigenvalue weighted by Gasteiger charge is 2.23. The molecule has 4 rings (SSSR count). The maximum atomic E-state index is 6.10. The van der Waals surface area contributed by atoms with E-state index >= 15 is 0 Å². The third-order valence-electron chi connectivity index (χ3n) is 5.95. The lowest BCUT2D eigenvalue weighted by atomic mass is 10.1. The summed E-state index contributed by atoms with van der Waals surface area (Å²) in [6.45, 7) is 8.92. The van der Waals surface area contributed by atoms with E-state index in [0.717, 1.165) is 74.5 Å². The summed E-state index contributed by atoms with van der Waals surface area (Å²) in [4.78, 5) is 9.82. The van der Waals surface area contributed by atoms with Gasteiger partial charge in [-0.15, -0.1) is 13.2 Å². The summed E-state index contributed by atoms with van der Waals surface area (Å²) >= 11 is 0. The third-order valence-corrected chi connectivity index (χ3v) is 5.95. The number of hydrogen-bond donors (Lipinski definition) is 0. The van der Waals surface area contributed by atoms with E-state index in [1.807, 2.05) is 12.2 Å². The molecule has 158 valence electrons. The number of unbranched alkanes of at least 4 members (excludes halogenated alkanes) is 2. The molecule has 0 saturated carbocycles. The zero-order valence-electron chi connectivity index (χ0n) is 17.9. The predicted octanol–water partition coefficient (Wildman–Crippen LogP) is 5.81. The molecule has 0 amide bonds. The van der Waals surface area contributed by atoms with Gasteiger partial charge in [-0.2, -0.15) is 0 Å². The summed E-state index contributed by atoms with van der Waals surface area (Å²) in [6, 6.07) is 4.42. The van der Waals surface area contributed by atoms with Crippen molar-refractivity contribution in [2.75, 3.05) is 13.2 Å². The largest absolute Gasteiger partial charge is 0.477 e. The van der Waals surface area contributed by atoms with Crippen LogP contribution in [-0.2, 0) is 25.7 Å². The molecule has 4 heteroatoms. The average Bonchev–Trinajstić information content (AvgIpc) is 3.43. The van der Waals surface area contributed by atoms with Gasteiger partial charge in [-0.1, -0.05) is 12.2 Å². The number of nitrogens with zero attached hydrogens (tertiary/aromatic N) is 2. The molecule has 0 aromatic carbocycles. The number of aromatic nitrogens is 2. The number of rotatable bonds is 11. The van der Waals surface area contributed by atoms with Gasteiger partial charge in [0.25, 0.3) is 0 Å². The zero-order chi connectivity index (χ0) is 20.8. The molecule has 0 spiro atoms. The summed E-state index contributed by atoms with van der Waals surface area (Å²) in [6.07, 6.45) is 14.3. The molecule has 0 aliphatic heterocycles. The average molecular weight is 405 g/mol. The van der Waals surface area contributed by atoms with Crippen LogP contribution < -0.4 is 9.47 Å². The summed E-state index contributed by atoms with van der Waals surface area (Å²) in [5.74, 6) is 1.58. The first kappa shape index (κ1) is 20.6. The minimum atomic E-state index is 0.671. The summed E-state index contributed by atoms with van der Waals surface area (Å²) < 4.78 is 12.2. The lowest BCUT2D eigenvalue weighted by Gasteiger charge is -2.14. The highest BCUT2D eigenvalue weighted by atomic mass is 16.5. The molecule has 2 aromatic heterocycles. The van der Waals surface area contributed by atoms with Crippen LogP contribution in [0.2, 0.25) is 0 Å². The highest BCUT2D eigenvalue weighted by Crippen LogP contribution is 2.36. The Balaban J connectivity index is 1.62. The van der Waals surface area contributed by atoms with Crippen LogP contribution in [-0.4, -0.2) is 23.2 Å². The van der Waals surface area contributed by atoms with Crippen molar-refractivity contribution in [3.05, 3.63) is 59.7 Å². The highest BCUT2D eigenvalue weighted by molar-refractivity contribution is 5.62. The van der Waals surface area contributed by atoms with Gasteiger partial charge in [0.1, 0.15) is 0 Å². The van der Waals surface area contributed by atoms with E-state index in [-0.39, 0.29) is 0 Å². The van der Waals surface area contributed by atoms with E-state index in [0.29, 0.717) is 13.2 Å². The molecule has 0 fully saturated rings. The van der Waals surface area contributed by atoms with E-state index in [4.69, 9.17) is 19.4 Å². The molecule has 2 aromatic rings. The second-order valence-electron chi connectivity index (χ2n) is 8.17. The maximum absolute atomic E-state index is 6.10. The SMILES string of the molecule is C=CCCCOc1nc(-c2cc3c(c(OCCCC=C)n2)CCC3)cc2c1CCC2. The van der Waals surface area contributed by atoms with E-state index in [9.17, 15) is 0 Å². The van der Waals surface area contributed by atoms with E-state index in [1.165, 1.54) is 35.1 Å². The number of pyridine rings is 2. The van der Waals surface area contributed by atoms with Gasteiger partial charge < -0.3 is 9.47 Å². The van der Waals surface area contributed by atoms with E-state index in [2.05, 4.69) is 25.3 Å². The minimum Gasteiger partial charge on any atom is -0.477 e. The topological polar surface area (TPSA) is 44.2 Å². The Morgan fingerprint density at radius 3 is 1.63 bits per heavy atom. The Labute approximate surface area is 180 Å². The number of fused-ring (bicyclic) bond motifs is 2. The lowest BCUT2D eigenvalue weighted by molar-refractivity contribution is 0.296. The monoisotopic (exact) mass is 404 g/mol. The second-order valence-corrected chi connectivity index (χ2v) is 8.17. The number of aryl methyl sites for hydroxylation is 2. The number of hydrogen-bond acceptors (Lipinski definition) is 4.